The molecule has 1 fully saturated rings. The van der Waals surface area contributed by atoms with E-state index in [1.165, 1.54) is 0 Å². The van der Waals surface area contributed by atoms with Gasteiger partial charge < -0.3 is 4.74 Å². The van der Waals surface area contributed by atoms with E-state index in [1.54, 1.807) is 10.5 Å². The summed E-state index contributed by atoms with van der Waals surface area (Å²) in [5.74, 6) is 1.00. The van der Waals surface area contributed by atoms with Gasteiger partial charge in [0.2, 0.25) is 10.0 Å². The number of benzene rings is 1. The van der Waals surface area contributed by atoms with Gasteiger partial charge in [-0.2, -0.15) is 0 Å². The normalized spacial score (nSPS) is 17.4. The van der Waals surface area contributed by atoms with Crippen LogP contribution in [-0.2, 0) is 10.0 Å². The second kappa shape index (κ2) is 6.84. The predicted octanol–water partition coefficient (Wildman–Crippen LogP) is 2.82. The van der Waals surface area contributed by atoms with E-state index in [9.17, 15) is 8.42 Å². The number of fused-ring (bicyclic) bond motifs is 1. The highest BCUT2D eigenvalue weighted by atomic mass is 32.2. The van der Waals surface area contributed by atoms with Crippen LogP contribution in [0.2, 0.25) is 0 Å². The monoisotopic (exact) mass is 334 g/mol. The molecule has 0 saturated carbocycles. The van der Waals surface area contributed by atoms with Crippen LogP contribution in [0.3, 0.4) is 0 Å². The molecule has 1 saturated heterocycles. The van der Waals surface area contributed by atoms with Gasteiger partial charge in [0.25, 0.3) is 0 Å². The molecule has 3 rings (SSSR count). The zero-order valence-corrected chi connectivity index (χ0v) is 14.1. The Kier molecular flexibility index (Phi) is 4.82. The lowest BCUT2D eigenvalue weighted by atomic mass is 10.1. The second-order valence-electron chi connectivity index (χ2n) is 5.86. The summed E-state index contributed by atoms with van der Waals surface area (Å²) in [6.07, 6.45) is 3.88. The van der Waals surface area contributed by atoms with Gasteiger partial charge in [-0.05, 0) is 31.4 Å². The van der Waals surface area contributed by atoms with Crippen molar-refractivity contribution < 1.29 is 13.2 Å². The minimum atomic E-state index is -3.10. The number of pyridine rings is 1. The van der Waals surface area contributed by atoms with Gasteiger partial charge in [0.1, 0.15) is 17.4 Å². The number of para-hydroxylation sites is 1. The standard InChI is InChI=1S/C17H22N2O3S/c1-2-13-23(20,21)19-11-8-15(9-12-19)22-16-7-3-5-14-6-4-10-18-17(14)16/h3-7,10,15H,2,8-9,11-13H2,1H3. The van der Waals surface area contributed by atoms with Crippen molar-refractivity contribution in [1.29, 1.82) is 0 Å². The number of aromatic nitrogens is 1. The first-order valence-corrected chi connectivity index (χ1v) is 9.69. The van der Waals surface area contributed by atoms with E-state index < -0.39 is 10.0 Å². The van der Waals surface area contributed by atoms with Crippen molar-refractivity contribution in [2.45, 2.75) is 32.3 Å². The van der Waals surface area contributed by atoms with Gasteiger partial charge in [-0.1, -0.05) is 25.1 Å². The largest absolute Gasteiger partial charge is 0.488 e. The summed E-state index contributed by atoms with van der Waals surface area (Å²) < 4.78 is 31.9. The first-order valence-electron chi connectivity index (χ1n) is 8.08. The third kappa shape index (κ3) is 3.64. The van der Waals surface area contributed by atoms with E-state index in [2.05, 4.69) is 4.98 Å². The van der Waals surface area contributed by atoms with E-state index in [0.29, 0.717) is 32.4 Å². The minimum Gasteiger partial charge on any atom is -0.488 e. The quantitative estimate of drug-likeness (QED) is 0.843. The molecular weight excluding hydrogens is 312 g/mol. The highest BCUT2D eigenvalue weighted by Crippen LogP contribution is 2.26. The number of hydrogen-bond acceptors (Lipinski definition) is 4. The van der Waals surface area contributed by atoms with E-state index in [4.69, 9.17) is 4.74 Å². The van der Waals surface area contributed by atoms with Crippen molar-refractivity contribution in [3.05, 3.63) is 36.5 Å². The summed E-state index contributed by atoms with van der Waals surface area (Å²) in [5, 5.41) is 1.05. The molecule has 1 aliphatic rings. The number of sulfonamides is 1. The lowest BCUT2D eigenvalue weighted by molar-refractivity contribution is 0.136. The molecule has 0 spiro atoms. The molecule has 0 N–H and O–H groups in total. The van der Waals surface area contributed by atoms with E-state index >= 15 is 0 Å². The maximum Gasteiger partial charge on any atom is 0.214 e. The van der Waals surface area contributed by atoms with Crippen LogP contribution in [0.5, 0.6) is 5.75 Å². The molecule has 1 aromatic heterocycles. The van der Waals surface area contributed by atoms with Gasteiger partial charge in [0.05, 0.1) is 5.75 Å². The summed E-state index contributed by atoms with van der Waals surface area (Å²) >= 11 is 0. The van der Waals surface area contributed by atoms with Crippen molar-refractivity contribution in [2.75, 3.05) is 18.8 Å². The lowest BCUT2D eigenvalue weighted by Crippen LogP contribution is -2.42. The van der Waals surface area contributed by atoms with E-state index in [-0.39, 0.29) is 11.9 Å². The lowest BCUT2D eigenvalue weighted by Gasteiger charge is -2.31. The van der Waals surface area contributed by atoms with E-state index in [0.717, 1.165) is 16.7 Å². The van der Waals surface area contributed by atoms with Crippen LogP contribution >= 0.6 is 0 Å². The van der Waals surface area contributed by atoms with Crippen LogP contribution in [0, 0.1) is 0 Å². The first-order chi connectivity index (χ1) is 11.1. The number of hydrogen-bond donors (Lipinski definition) is 0. The Morgan fingerprint density at radius 2 is 1.96 bits per heavy atom. The number of rotatable bonds is 5. The number of ether oxygens (including phenoxy) is 1. The fourth-order valence-electron chi connectivity index (χ4n) is 2.97. The summed E-state index contributed by atoms with van der Waals surface area (Å²) in [6.45, 7) is 2.96. The molecule has 0 radical (unpaired) electrons. The molecule has 2 heterocycles. The fourth-order valence-corrected chi connectivity index (χ4v) is 4.51. The zero-order valence-electron chi connectivity index (χ0n) is 13.3. The third-order valence-corrected chi connectivity index (χ3v) is 6.22. The van der Waals surface area contributed by atoms with Crippen LogP contribution in [0.4, 0.5) is 0 Å². The second-order valence-corrected chi connectivity index (χ2v) is 7.95. The highest BCUT2D eigenvalue weighted by molar-refractivity contribution is 7.89. The molecule has 0 atom stereocenters. The Morgan fingerprint density at radius 3 is 2.70 bits per heavy atom. The van der Waals surface area contributed by atoms with Crippen molar-refractivity contribution in [1.82, 2.24) is 9.29 Å². The van der Waals surface area contributed by atoms with Gasteiger partial charge in [-0.3, -0.25) is 4.98 Å². The van der Waals surface area contributed by atoms with Gasteiger partial charge in [-0.25, -0.2) is 12.7 Å². The van der Waals surface area contributed by atoms with Gasteiger partial charge >= 0.3 is 0 Å². The molecule has 1 aromatic carbocycles. The average Bonchev–Trinajstić information content (AvgIpc) is 2.56. The van der Waals surface area contributed by atoms with E-state index in [1.807, 2.05) is 37.3 Å². The first kappa shape index (κ1) is 16.2. The molecule has 0 unspecified atom stereocenters. The van der Waals surface area contributed by atoms with Gasteiger partial charge in [0, 0.05) is 24.7 Å². The van der Waals surface area contributed by atoms with Crippen LogP contribution < -0.4 is 4.74 Å². The zero-order chi connectivity index (χ0) is 16.3. The van der Waals surface area contributed by atoms with Crippen LogP contribution in [-0.4, -0.2) is 42.7 Å². The molecule has 1 aliphatic heterocycles. The fraction of sp³-hybridized carbons (Fsp3) is 0.471. The number of piperidine rings is 1. The van der Waals surface area contributed by atoms with Crippen LogP contribution in [0.1, 0.15) is 26.2 Å². The molecule has 124 valence electrons. The Bertz CT molecular complexity index is 763. The van der Waals surface area contributed by atoms with Gasteiger partial charge in [0.15, 0.2) is 0 Å². The molecule has 2 aromatic rings. The molecule has 23 heavy (non-hydrogen) atoms. The maximum absolute atomic E-state index is 12.1. The molecule has 6 heteroatoms. The molecule has 5 nitrogen and oxygen atoms in total. The summed E-state index contributed by atoms with van der Waals surface area (Å²) in [6, 6.07) is 9.81. The summed E-state index contributed by atoms with van der Waals surface area (Å²) in [5.41, 5.74) is 0.857. The number of nitrogens with zero attached hydrogens (tertiary/aromatic N) is 2. The van der Waals surface area contributed by atoms with Crippen molar-refractivity contribution in [3.63, 3.8) is 0 Å². The average molecular weight is 334 g/mol. The third-order valence-electron chi connectivity index (χ3n) is 4.15. The van der Waals surface area contributed by atoms with Gasteiger partial charge in [-0.15, -0.1) is 0 Å². The summed E-state index contributed by atoms with van der Waals surface area (Å²) in [4.78, 5) is 4.39. The molecule has 0 aliphatic carbocycles. The van der Waals surface area contributed by atoms with Crippen molar-refractivity contribution in [3.8, 4) is 5.75 Å². The Morgan fingerprint density at radius 1 is 1.22 bits per heavy atom. The van der Waals surface area contributed by atoms with Crippen LogP contribution in [0.25, 0.3) is 10.9 Å². The van der Waals surface area contributed by atoms with Crippen LogP contribution in [0.15, 0.2) is 36.5 Å². The maximum atomic E-state index is 12.1. The smallest absolute Gasteiger partial charge is 0.214 e. The Balaban J connectivity index is 1.67. The Hall–Kier alpha value is -1.66. The molecule has 0 amide bonds. The molecular formula is C17H22N2O3S. The Labute approximate surface area is 137 Å². The highest BCUT2D eigenvalue weighted by Gasteiger charge is 2.28. The predicted molar refractivity (Wildman–Crippen MR) is 91.0 cm³/mol. The summed E-state index contributed by atoms with van der Waals surface area (Å²) in [7, 11) is -3.10. The molecule has 0 bridgehead atoms. The topological polar surface area (TPSA) is 59.5 Å². The minimum absolute atomic E-state index is 0.0377. The van der Waals surface area contributed by atoms with Crippen molar-refractivity contribution in [2.24, 2.45) is 0 Å². The SMILES string of the molecule is CCCS(=O)(=O)N1CCC(Oc2cccc3cccnc23)CC1. The van der Waals surface area contributed by atoms with Crippen molar-refractivity contribution >= 4 is 20.9 Å².